The van der Waals surface area contributed by atoms with Crippen molar-refractivity contribution >= 4 is 15.7 Å². The Hall–Kier alpha value is -1.18. The van der Waals surface area contributed by atoms with E-state index in [1.807, 2.05) is 0 Å². The van der Waals surface area contributed by atoms with Crippen LogP contribution in [0.15, 0.2) is 23.4 Å². The average molecular weight is 298 g/mol. The molecule has 7 heteroatoms. The summed E-state index contributed by atoms with van der Waals surface area (Å²) in [5.41, 5.74) is 5.87. The van der Waals surface area contributed by atoms with E-state index in [1.54, 1.807) is 12.1 Å². The molecule has 0 saturated carbocycles. The van der Waals surface area contributed by atoms with E-state index in [1.165, 1.54) is 6.20 Å². The number of nitrogens with zero attached hydrogens (tertiary/aromatic N) is 2. The SMILES string of the molecule is CCCN1CCC(NS(=O)(=O)c2ncccc2N)CC1. The second kappa shape index (κ2) is 6.51. The van der Waals surface area contributed by atoms with Crippen LogP contribution in [0.1, 0.15) is 26.2 Å². The number of hydrogen-bond donors (Lipinski definition) is 2. The highest BCUT2D eigenvalue weighted by atomic mass is 32.2. The summed E-state index contributed by atoms with van der Waals surface area (Å²) in [5, 5.41) is -0.0732. The standard InChI is InChI=1S/C13H22N4O2S/c1-2-8-17-9-5-11(6-10-17)16-20(18,19)13-12(14)4-3-7-15-13/h3-4,7,11,16H,2,5-6,8-10,14H2,1H3. The highest BCUT2D eigenvalue weighted by Gasteiger charge is 2.26. The van der Waals surface area contributed by atoms with E-state index in [4.69, 9.17) is 5.73 Å². The Morgan fingerprint density at radius 2 is 2.15 bits per heavy atom. The highest BCUT2D eigenvalue weighted by Crippen LogP contribution is 2.17. The summed E-state index contributed by atoms with van der Waals surface area (Å²) in [7, 11) is -3.62. The van der Waals surface area contributed by atoms with Crippen molar-refractivity contribution in [1.29, 1.82) is 0 Å². The summed E-state index contributed by atoms with van der Waals surface area (Å²) >= 11 is 0. The zero-order valence-corrected chi connectivity index (χ0v) is 12.6. The van der Waals surface area contributed by atoms with E-state index in [-0.39, 0.29) is 16.8 Å². The third kappa shape index (κ3) is 3.68. The van der Waals surface area contributed by atoms with Gasteiger partial charge in [0.1, 0.15) is 0 Å². The minimum absolute atomic E-state index is 0.0329. The van der Waals surface area contributed by atoms with Crippen LogP contribution >= 0.6 is 0 Å². The largest absolute Gasteiger partial charge is 0.396 e. The van der Waals surface area contributed by atoms with Gasteiger partial charge in [-0.15, -0.1) is 0 Å². The first-order valence-electron chi connectivity index (χ1n) is 6.98. The van der Waals surface area contributed by atoms with Gasteiger partial charge in [-0.2, -0.15) is 0 Å². The molecule has 20 heavy (non-hydrogen) atoms. The number of aromatic nitrogens is 1. The van der Waals surface area contributed by atoms with Crippen molar-refractivity contribution in [3.8, 4) is 0 Å². The highest BCUT2D eigenvalue weighted by molar-refractivity contribution is 7.89. The Balaban J connectivity index is 1.99. The predicted molar refractivity (Wildman–Crippen MR) is 78.7 cm³/mol. The summed E-state index contributed by atoms with van der Waals surface area (Å²) in [6.07, 6.45) is 4.22. The van der Waals surface area contributed by atoms with Crippen LogP contribution in [0.5, 0.6) is 0 Å². The Bertz CT molecular complexity index is 539. The van der Waals surface area contributed by atoms with Gasteiger partial charge in [-0.1, -0.05) is 6.92 Å². The molecule has 1 aromatic rings. The van der Waals surface area contributed by atoms with E-state index in [0.717, 1.165) is 38.9 Å². The Morgan fingerprint density at radius 3 is 2.75 bits per heavy atom. The molecule has 1 saturated heterocycles. The minimum atomic E-state index is -3.62. The van der Waals surface area contributed by atoms with Crippen LogP contribution in [0.25, 0.3) is 0 Å². The summed E-state index contributed by atoms with van der Waals surface area (Å²) in [4.78, 5) is 6.23. The predicted octanol–water partition coefficient (Wildman–Crippen LogP) is 0.817. The molecule has 0 amide bonds. The molecule has 112 valence electrons. The molecule has 2 heterocycles. The van der Waals surface area contributed by atoms with Crippen molar-refractivity contribution in [2.24, 2.45) is 0 Å². The van der Waals surface area contributed by atoms with E-state index in [0.29, 0.717) is 0 Å². The molecule has 0 spiro atoms. The van der Waals surface area contributed by atoms with Gasteiger partial charge in [0.2, 0.25) is 0 Å². The van der Waals surface area contributed by atoms with Crippen LogP contribution in [-0.2, 0) is 10.0 Å². The Kier molecular flexibility index (Phi) is 4.95. The van der Waals surface area contributed by atoms with Crippen LogP contribution in [0.4, 0.5) is 5.69 Å². The molecule has 1 aliphatic heterocycles. The Labute approximate surface area is 120 Å². The molecule has 0 unspecified atom stereocenters. The molecule has 0 atom stereocenters. The molecular formula is C13H22N4O2S. The van der Waals surface area contributed by atoms with Crippen LogP contribution < -0.4 is 10.5 Å². The Morgan fingerprint density at radius 1 is 1.45 bits per heavy atom. The third-order valence-electron chi connectivity index (χ3n) is 3.50. The lowest BCUT2D eigenvalue weighted by atomic mass is 10.1. The minimum Gasteiger partial charge on any atom is -0.396 e. The van der Waals surface area contributed by atoms with Gasteiger partial charge in [0.15, 0.2) is 5.03 Å². The van der Waals surface area contributed by atoms with Crippen LogP contribution in [0.2, 0.25) is 0 Å². The maximum absolute atomic E-state index is 12.3. The number of nitrogen functional groups attached to an aromatic ring is 1. The molecule has 0 aliphatic carbocycles. The lowest BCUT2D eigenvalue weighted by molar-refractivity contribution is 0.208. The maximum Gasteiger partial charge on any atom is 0.260 e. The molecular weight excluding hydrogens is 276 g/mol. The number of pyridine rings is 1. The van der Waals surface area contributed by atoms with Crippen LogP contribution in [-0.4, -0.2) is 44.0 Å². The normalized spacial score (nSPS) is 18.2. The van der Waals surface area contributed by atoms with Crippen molar-refractivity contribution in [2.75, 3.05) is 25.4 Å². The van der Waals surface area contributed by atoms with Crippen molar-refractivity contribution in [1.82, 2.24) is 14.6 Å². The number of hydrogen-bond acceptors (Lipinski definition) is 5. The summed E-state index contributed by atoms with van der Waals surface area (Å²) in [6, 6.07) is 3.14. The fourth-order valence-electron chi connectivity index (χ4n) is 2.49. The van der Waals surface area contributed by atoms with Crippen molar-refractivity contribution in [3.05, 3.63) is 18.3 Å². The molecule has 0 bridgehead atoms. The molecule has 3 N–H and O–H groups in total. The summed E-state index contributed by atoms with van der Waals surface area (Å²) in [5.74, 6) is 0. The fourth-order valence-corrected chi connectivity index (χ4v) is 3.86. The quantitative estimate of drug-likeness (QED) is 0.840. The van der Waals surface area contributed by atoms with Gasteiger partial charge in [0.25, 0.3) is 10.0 Å². The van der Waals surface area contributed by atoms with Gasteiger partial charge in [0, 0.05) is 12.2 Å². The second-order valence-corrected chi connectivity index (χ2v) is 6.76. The number of sulfonamides is 1. The number of rotatable bonds is 5. The summed E-state index contributed by atoms with van der Waals surface area (Å²) in [6.45, 7) is 5.09. The van der Waals surface area contributed by atoms with Crippen molar-refractivity contribution in [3.63, 3.8) is 0 Å². The van der Waals surface area contributed by atoms with Gasteiger partial charge in [-0.25, -0.2) is 18.1 Å². The van der Waals surface area contributed by atoms with Crippen LogP contribution in [0, 0.1) is 0 Å². The molecule has 0 radical (unpaired) electrons. The van der Waals surface area contributed by atoms with Crippen molar-refractivity contribution in [2.45, 2.75) is 37.3 Å². The number of likely N-dealkylation sites (tertiary alicyclic amines) is 1. The molecule has 2 rings (SSSR count). The number of anilines is 1. The molecule has 1 aliphatic rings. The number of piperidine rings is 1. The zero-order chi connectivity index (χ0) is 14.6. The van der Waals surface area contributed by atoms with E-state index < -0.39 is 10.0 Å². The molecule has 1 fully saturated rings. The lowest BCUT2D eigenvalue weighted by Crippen LogP contribution is -2.44. The van der Waals surface area contributed by atoms with Gasteiger partial charge >= 0.3 is 0 Å². The van der Waals surface area contributed by atoms with Crippen molar-refractivity contribution < 1.29 is 8.42 Å². The molecule has 0 aromatic carbocycles. The van der Waals surface area contributed by atoms with Gasteiger partial charge in [-0.05, 0) is 51.0 Å². The maximum atomic E-state index is 12.3. The topological polar surface area (TPSA) is 88.3 Å². The van der Waals surface area contributed by atoms with Gasteiger partial charge in [-0.3, -0.25) is 0 Å². The second-order valence-electron chi connectivity index (χ2n) is 5.13. The monoisotopic (exact) mass is 298 g/mol. The molecule has 6 nitrogen and oxygen atoms in total. The fraction of sp³-hybridized carbons (Fsp3) is 0.615. The van der Waals surface area contributed by atoms with E-state index in [2.05, 4.69) is 21.5 Å². The van der Waals surface area contributed by atoms with Crippen LogP contribution in [0.3, 0.4) is 0 Å². The average Bonchev–Trinajstić information content (AvgIpc) is 2.41. The zero-order valence-electron chi connectivity index (χ0n) is 11.7. The molecule has 1 aromatic heterocycles. The number of nitrogens with two attached hydrogens (primary N) is 1. The van der Waals surface area contributed by atoms with E-state index >= 15 is 0 Å². The van der Waals surface area contributed by atoms with Gasteiger partial charge in [0.05, 0.1) is 5.69 Å². The number of nitrogens with one attached hydrogen (secondary N) is 1. The smallest absolute Gasteiger partial charge is 0.260 e. The summed E-state index contributed by atoms with van der Waals surface area (Å²) < 4.78 is 27.2. The lowest BCUT2D eigenvalue weighted by Gasteiger charge is -2.31. The first-order valence-corrected chi connectivity index (χ1v) is 8.46. The first-order chi connectivity index (χ1) is 9.53. The van der Waals surface area contributed by atoms with E-state index in [9.17, 15) is 8.42 Å². The van der Waals surface area contributed by atoms with Gasteiger partial charge < -0.3 is 10.6 Å². The third-order valence-corrected chi connectivity index (χ3v) is 5.00. The first kappa shape index (κ1) is 15.2.